The van der Waals surface area contributed by atoms with Crippen molar-refractivity contribution in [3.05, 3.63) is 72.4 Å². The van der Waals surface area contributed by atoms with Crippen molar-refractivity contribution in [2.45, 2.75) is 25.2 Å². The van der Waals surface area contributed by atoms with Gasteiger partial charge in [0.2, 0.25) is 0 Å². The van der Waals surface area contributed by atoms with E-state index in [0.29, 0.717) is 18.1 Å². The number of nitrogens with zero attached hydrogens (tertiary/aromatic N) is 1. The van der Waals surface area contributed by atoms with Crippen LogP contribution < -0.4 is 14.8 Å². The number of hydrogen-bond acceptors (Lipinski definition) is 5. The van der Waals surface area contributed by atoms with Crippen molar-refractivity contribution in [1.82, 2.24) is 4.98 Å². The Labute approximate surface area is 165 Å². The van der Waals surface area contributed by atoms with Gasteiger partial charge in [-0.3, -0.25) is 4.72 Å². The van der Waals surface area contributed by atoms with Crippen molar-refractivity contribution < 1.29 is 13.2 Å². The second kappa shape index (κ2) is 8.75. The predicted octanol–water partition coefficient (Wildman–Crippen LogP) is 4.59. The summed E-state index contributed by atoms with van der Waals surface area (Å²) in [5.41, 5.74) is 2.27. The van der Waals surface area contributed by atoms with Crippen LogP contribution in [0.1, 0.15) is 19.4 Å². The molecule has 2 N–H and O–H groups in total. The zero-order valence-electron chi connectivity index (χ0n) is 15.8. The number of hydrogen-bond donors (Lipinski definition) is 2. The minimum Gasteiger partial charge on any atom is -0.492 e. The van der Waals surface area contributed by atoms with Crippen molar-refractivity contribution in [2.24, 2.45) is 0 Å². The van der Waals surface area contributed by atoms with E-state index in [1.165, 1.54) is 6.20 Å². The molecule has 0 fully saturated rings. The van der Waals surface area contributed by atoms with Crippen molar-refractivity contribution in [2.75, 3.05) is 16.6 Å². The molecule has 7 heteroatoms. The average molecular weight is 398 g/mol. The number of rotatable bonds is 8. The molecule has 3 aromatic rings. The third-order valence-electron chi connectivity index (χ3n) is 4.11. The van der Waals surface area contributed by atoms with E-state index in [2.05, 4.69) is 15.0 Å². The van der Waals surface area contributed by atoms with Gasteiger partial charge in [-0.1, -0.05) is 31.2 Å². The summed E-state index contributed by atoms with van der Waals surface area (Å²) in [5, 5.41) is 3.18. The van der Waals surface area contributed by atoms with Crippen molar-refractivity contribution in [3.63, 3.8) is 0 Å². The number of aromatic nitrogens is 1. The largest absolute Gasteiger partial charge is 0.492 e. The number of sulfonamides is 1. The van der Waals surface area contributed by atoms with E-state index in [9.17, 15) is 8.42 Å². The molecular weight excluding hydrogens is 374 g/mol. The van der Waals surface area contributed by atoms with Gasteiger partial charge >= 0.3 is 0 Å². The number of ether oxygens (including phenoxy) is 1. The van der Waals surface area contributed by atoms with Crippen molar-refractivity contribution >= 4 is 27.2 Å². The number of anilines is 3. The van der Waals surface area contributed by atoms with Gasteiger partial charge < -0.3 is 10.1 Å². The summed E-state index contributed by atoms with van der Waals surface area (Å²) in [6.45, 7) is 4.51. The highest BCUT2D eigenvalue weighted by Gasteiger charge is 2.14. The van der Waals surface area contributed by atoms with Gasteiger partial charge in [-0.25, -0.2) is 13.4 Å². The number of benzene rings is 2. The molecule has 0 spiro atoms. The van der Waals surface area contributed by atoms with Gasteiger partial charge in [-0.15, -0.1) is 0 Å². The van der Waals surface area contributed by atoms with E-state index in [1.54, 1.807) is 24.3 Å². The van der Waals surface area contributed by atoms with Crippen LogP contribution in [0.3, 0.4) is 0 Å². The molecule has 0 bridgehead atoms. The molecule has 1 aromatic heterocycles. The average Bonchev–Trinajstić information content (AvgIpc) is 2.71. The Morgan fingerprint density at radius 3 is 2.36 bits per heavy atom. The van der Waals surface area contributed by atoms with Crippen LogP contribution in [0.25, 0.3) is 0 Å². The summed E-state index contributed by atoms with van der Waals surface area (Å²) in [7, 11) is -3.65. The predicted molar refractivity (Wildman–Crippen MR) is 112 cm³/mol. The lowest BCUT2D eigenvalue weighted by atomic mass is 10.2. The molecule has 6 nitrogen and oxygen atoms in total. The minimum absolute atomic E-state index is 0.220. The Morgan fingerprint density at radius 2 is 1.71 bits per heavy atom. The summed E-state index contributed by atoms with van der Waals surface area (Å²) in [6.07, 6.45) is 2.34. The lowest BCUT2D eigenvalue weighted by Crippen LogP contribution is -2.13. The SMILES string of the molecule is CCOc1ccccc1Nc1ccc(NS(=O)(=O)c2ccc(CC)cc2)cn1. The van der Waals surface area contributed by atoms with Gasteiger partial charge in [0.15, 0.2) is 0 Å². The summed E-state index contributed by atoms with van der Waals surface area (Å²) in [6, 6.07) is 17.8. The van der Waals surface area contributed by atoms with Gasteiger partial charge in [0.05, 0.1) is 29.1 Å². The van der Waals surface area contributed by atoms with Crippen LogP contribution in [0.5, 0.6) is 5.75 Å². The Balaban J connectivity index is 1.72. The molecule has 0 aliphatic heterocycles. The molecule has 146 valence electrons. The lowest BCUT2D eigenvalue weighted by molar-refractivity contribution is 0.342. The Bertz CT molecular complexity index is 1020. The number of aryl methyl sites for hydroxylation is 1. The van der Waals surface area contributed by atoms with E-state index in [1.807, 2.05) is 50.2 Å². The highest BCUT2D eigenvalue weighted by atomic mass is 32.2. The molecule has 0 aliphatic rings. The van der Waals surface area contributed by atoms with Gasteiger partial charge in [-0.05, 0) is 55.3 Å². The van der Waals surface area contributed by atoms with Crippen LogP contribution in [0.15, 0.2) is 71.8 Å². The van der Waals surface area contributed by atoms with Gasteiger partial charge in [0.1, 0.15) is 11.6 Å². The van der Waals surface area contributed by atoms with E-state index in [4.69, 9.17) is 4.74 Å². The van der Waals surface area contributed by atoms with Crippen molar-refractivity contribution in [3.8, 4) is 5.75 Å². The summed E-state index contributed by atoms with van der Waals surface area (Å²) >= 11 is 0. The quantitative estimate of drug-likeness (QED) is 0.581. The first kappa shape index (κ1) is 19.7. The smallest absolute Gasteiger partial charge is 0.261 e. The van der Waals surface area contributed by atoms with Gasteiger partial charge in [0.25, 0.3) is 10.0 Å². The maximum Gasteiger partial charge on any atom is 0.261 e. The molecular formula is C21H23N3O3S. The van der Waals surface area contributed by atoms with E-state index >= 15 is 0 Å². The van der Waals surface area contributed by atoms with Crippen LogP contribution in [-0.4, -0.2) is 20.0 Å². The van der Waals surface area contributed by atoms with E-state index in [0.717, 1.165) is 23.4 Å². The lowest BCUT2D eigenvalue weighted by Gasteiger charge is -2.12. The first-order valence-corrected chi connectivity index (χ1v) is 10.6. The van der Waals surface area contributed by atoms with E-state index in [-0.39, 0.29) is 4.90 Å². The normalized spacial score (nSPS) is 11.1. The molecule has 28 heavy (non-hydrogen) atoms. The standard InChI is InChI=1S/C21H23N3O3S/c1-3-16-9-12-18(13-10-16)28(25,26)24-17-11-14-21(22-15-17)23-19-7-5-6-8-20(19)27-4-2/h5-15,24H,3-4H2,1-2H3,(H,22,23). The van der Waals surface area contributed by atoms with Gasteiger partial charge in [-0.2, -0.15) is 0 Å². The van der Waals surface area contributed by atoms with Crippen LogP contribution in [0.4, 0.5) is 17.2 Å². The summed E-state index contributed by atoms with van der Waals surface area (Å²) < 4.78 is 33.2. The monoisotopic (exact) mass is 397 g/mol. The van der Waals surface area contributed by atoms with Crippen LogP contribution in [0.2, 0.25) is 0 Å². The first-order chi connectivity index (χ1) is 13.5. The molecule has 0 amide bonds. The van der Waals surface area contributed by atoms with Gasteiger partial charge in [0, 0.05) is 0 Å². The molecule has 0 saturated carbocycles. The van der Waals surface area contributed by atoms with Crippen LogP contribution >= 0.6 is 0 Å². The Kier molecular flexibility index (Phi) is 6.16. The molecule has 3 rings (SSSR count). The van der Waals surface area contributed by atoms with Crippen LogP contribution in [-0.2, 0) is 16.4 Å². The molecule has 0 saturated heterocycles. The molecule has 0 unspecified atom stereocenters. The fourth-order valence-electron chi connectivity index (χ4n) is 2.64. The summed E-state index contributed by atoms with van der Waals surface area (Å²) in [5.74, 6) is 1.31. The van der Waals surface area contributed by atoms with E-state index < -0.39 is 10.0 Å². The third kappa shape index (κ3) is 4.80. The minimum atomic E-state index is -3.65. The summed E-state index contributed by atoms with van der Waals surface area (Å²) in [4.78, 5) is 4.51. The molecule has 2 aromatic carbocycles. The highest BCUT2D eigenvalue weighted by Crippen LogP contribution is 2.27. The zero-order valence-corrected chi connectivity index (χ0v) is 16.7. The maximum absolute atomic E-state index is 12.5. The second-order valence-corrected chi connectivity index (χ2v) is 7.77. The Morgan fingerprint density at radius 1 is 0.964 bits per heavy atom. The third-order valence-corrected chi connectivity index (χ3v) is 5.50. The number of pyridine rings is 1. The second-order valence-electron chi connectivity index (χ2n) is 6.09. The molecule has 0 radical (unpaired) electrons. The number of nitrogens with one attached hydrogen (secondary N) is 2. The molecule has 1 heterocycles. The molecule has 0 aliphatic carbocycles. The number of para-hydroxylation sites is 2. The first-order valence-electron chi connectivity index (χ1n) is 9.08. The fourth-order valence-corrected chi connectivity index (χ4v) is 3.68. The topological polar surface area (TPSA) is 80.3 Å². The fraction of sp³-hybridized carbons (Fsp3) is 0.190. The highest BCUT2D eigenvalue weighted by molar-refractivity contribution is 7.92. The zero-order chi connectivity index (χ0) is 20.0. The molecule has 0 atom stereocenters. The maximum atomic E-state index is 12.5. The Hall–Kier alpha value is -3.06. The van der Waals surface area contributed by atoms with Crippen LogP contribution in [0, 0.1) is 0 Å². The van der Waals surface area contributed by atoms with Crippen molar-refractivity contribution in [1.29, 1.82) is 0 Å².